The van der Waals surface area contributed by atoms with E-state index in [0.717, 1.165) is 4.90 Å². The Morgan fingerprint density at radius 2 is 1.90 bits per heavy atom. The molecule has 2 rings (SSSR count). The van der Waals surface area contributed by atoms with E-state index in [9.17, 15) is 28.5 Å². The van der Waals surface area contributed by atoms with Crippen molar-refractivity contribution in [2.24, 2.45) is 5.92 Å². The van der Waals surface area contributed by atoms with Gasteiger partial charge in [-0.15, -0.1) is 0 Å². The molecule has 0 aromatic heterocycles. The van der Waals surface area contributed by atoms with Crippen molar-refractivity contribution in [2.75, 3.05) is 0 Å². The van der Waals surface area contributed by atoms with Crippen molar-refractivity contribution in [1.29, 1.82) is 0 Å². The largest absolute Gasteiger partial charge is 0.278 e. The molecule has 0 N–H and O–H groups in total. The molecule has 0 spiro atoms. The van der Waals surface area contributed by atoms with Gasteiger partial charge in [-0.1, -0.05) is 6.92 Å². The van der Waals surface area contributed by atoms with Crippen LogP contribution in [-0.4, -0.2) is 21.6 Å². The molecule has 106 valence electrons. The van der Waals surface area contributed by atoms with Crippen molar-refractivity contribution in [3.63, 3.8) is 0 Å². The number of carbonyl (C=O) groups excluding carboxylic acids is 2. The van der Waals surface area contributed by atoms with Gasteiger partial charge in [-0.05, 0) is 0 Å². The average molecular weight is 284 g/mol. The lowest BCUT2D eigenvalue weighted by Crippen LogP contribution is -2.30. The summed E-state index contributed by atoms with van der Waals surface area (Å²) < 4.78 is 27.4. The second-order valence-corrected chi connectivity index (χ2v) is 4.57. The fourth-order valence-electron chi connectivity index (χ4n) is 2.02. The number of hydrogen-bond donors (Lipinski definition) is 0. The molecular weight excluding hydrogens is 274 g/mol. The van der Waals surface area contributed by atoms with Crippen LogP contribution in [-0.2, 0) is 16.1 Å². The summed E-state index contributed by atoms with van der Waals surface area (Å²) in [7, 11) is 0. The van der Waals surface area contributed by atoms with Crippen LogP contribution in [0.15, 0.2) is 12.1 Å². The minimum Gasteiger partial charge on any atom is -0.278 e. The van der Waals surface area contributed by atoms with Gasteiger partial charge in [-0.2, -0.15) is 0 Å². The number of nitro groups is 1. The van der Waals surface area contributed by atoms with Crippen LogP contribution in [0.1, 0.15) is 18.9 Å². The Kier molecular flexibility index (Phi) is 3.47. The molecule has 1 unspecified atom stereocenters. The van der Waals surface area contributed by atoms with Crippen molar-refractivity contribution < 1.29 is 23.3 Å². The molecule has 20 heavy (non-hydrogen) atoms. The number of halogens is 2. The zero-order valence-electron chi connectivity index (χ0n) is 10.4. The standard InChI is InChI=1S/C12H10F2N2O4/c1-6-2-11(17)15(12(6)18)5-8-9(13)3-7(16(19)20)4-10(8)14/h3-4,6H,2,5H2,1H3. The predicted molar refractivity (Wildman–Crippen MR) is 62.4 cm³/mol. The molecule has 1 aromatic carbocycles. The summed E-state index contributed by atoms with van der Waals surface area (Å²) >= 11 is 0. The first-order valence-corrected chi connectivity index (χ1v) is 5.77. The lowest BCUT2D eigenvalue weighted by Gasteiger charge is -2.15. The second-order valence-electron chi connectivity index (χ2n) is 4.57. The highest BCUT2D eigenvalue weighted by Gasteiger charge is 2.36. The van der Waals surface area contributed by atoms with E-state index in [2.05, 4.69) is 0 Å². The zero-order chi connectivity index (χ0) is 15.0. The van der Waals surface area contributed by atoms with Crippen LogP contribution in [0.2, 0.25) is 0 Å². The highest BCUT2D eigenvalue weighted by molar-refractivity contribution is 6.03. The number of amides is 2. The van der Waals surface area contributed by atoms with Crippen molar-refractivity contribution >= 4 is 17.5 Å². The maximum Gasteiger partial charge on any atom is 0.275 e. The fourth-order valence-corrected chi connectivity index (χ4v) is 2.02. The maximum absolute atomic E-state index is 13.7. The topological polar surface area (TPSA) is 80.5 Å². The van der Waals surface area contributed by atoms with Gasteiger partial charge in [0, 0.05) is 17.9 Å². The van der Waals surface area contributed by atoms with Crippen molar-refractivity contribution in [1.82, 2.24) is 4.90 Å². The number of hydrogen-bond acceptors (Lipinski definition) is 4. The highest BCUT2D eigenvalue weighted by Crippen LogP contribution is 2.26. The van der Waals surface area contributed by atoms with E-state index in [1.165, 1.54) is 0 Å². The van der Waals surface area contributed by atoms with Crippen LogP contribution in [0, 0.1) is 27.7 Å². The SMILES string of the molecule is CC1CC(=O)N(Cc2c(F)cc([N+](=O)[O-])cc2F)C1=O. The van der Waals surface area contributed by atoms with Gasteiger partial charge in [0.1, 0.15) is 11.6 Å². The van der Waals surface area contributed by atoms with E-state index in [1.807, 2.05) is 0 Å². The summed E-state index contributed by atoms with van der Waals surface area (Å²) in [6.07, 6.45) is -0.00491. The Hall–Kier alpha value is -2.38. The van der Waals surface area contributed by atoms with Crippen LogP contribution in [0.25, 0.3) is 0 Å². The van der Waals surface area contributed by atoms with E-state index in [0.29, 0.717) is 12.1 Å². The molecule has 8 heteroatoms. The van der Waals surface area contributed by atoms with Crippen LogP contribution < -0.4 is 0 Å². The maximum atomic E-state index is 13.7. The van der Waals surface area contributed by atoms with E-state index >= 15 is 0 Å². The Morgan fingerprint density at radius 1 is 1.35 bits per heavy atom. The number of non-ortho nitro benzene ring substituents is 1. The van der Waals surface area contributed by atoms with Gasteiger partial charge in [0.15, 0.2) is 0 Å². The summed E-state index contributed by atoms with van der Waals surface area (Å²) in [5.41, 5.74) is -1.26. The zero-order valence-corrected chi connectivity index (χ0v) is 10.4. The first-order chi connectivity index (χ1) is 9.31. The number of nitro benzene ring substituents is 1. The Bertz CT molecular complexity index is 594. The summed E-state index contributed by atoms with van der Waals surface area (Å²) in [4.78, 5) is 33.5. The molecule has 0 bridgehead atoms. The Morgan fingerprint density at radius 3 is 2.30 bits per heavy atom. The van der Waals surface area contributed by atoms with Crippen molar-refractivity contribution in [2.45, 2.75) is 19.9 Å². The van der Waals surface area contributed by atoms with Crippen molar-refractivity contribution in [3.05, 3.63) is 39.4 Å². The van der Waals surface area contributed by atoms with Crippen LogP contribution in [0.4, 0.5) is 14.5 Å². The van der Waals surface area contributed by atoms with Crippen LogP contribution in [0.3, 0.4) is 0 Å². The lowest BCUT2D eigenvalue weighted by atomic mass is 10.1. The third-order valence-electron chi connectivity index (χ3n) is 3.12. The normalized spacial score (nSPS) is 18.8. The molecule has 0 radical (unpaired) electrons. The number of imide groups is 1. The minimum atomic E-state index is -1.16. The second kappa shape index (κ2) is 4.95. The van der Waals surface area contributed by atoms with Gasteiger partial charge < -0.3 is 0 Å². The molecule has 0 saturated carbocycles. The van der Waals surface area contributed by atoms with Crippen molar-refractivity contribution in [3.8, 4) is 0 Å². The molecule has 1 aromatic rings. The Labute approximate surface area is 112 Å². The van der Waals surface area contributed by atoms with E-state index in [1.54, 1.807) is 6.92 Å². The Balaban J connectivity index is 2.33. The molecule has 1 fully saturated rings. The highest BCUT2D eigenvalue weighted by atomic mass is 19.1. The molecular formula is C12H10F2N2O4. The molecule has 1 aliphatic heterocycles. The first kappa shape index (κ1) is 14.0. The quantitative estimate of drug-likeness (QED) is 0.481. The molecule has 1 saturated heterocycles. The van der Waals surface area contributed by atoms with Gasteiger partial charge >= 0.3 is 0 Å². The van der Waals surface area contributed by atoms with Crippen LogP contribution in [0.5, 0.6) is 0 Å². The fraction of sp³-hybridized carbons (Fsp3) is 0.333. The number of benzene rings is 1. The summed E-state index contributed by atoms with van der Waals surface area (Å²) in [5, 5.41) is 10.5. The summed E-state index contributed by atoms with van der Waals surface area (Å²) in [5.74, 6) is -3.85. The third kappa shape index (κ3) is 2.36. The number of rotatable bonds is 3. The molecule has 1 aliphatic rings. The average Bonchev–Trinajstić information content (AvgIpc) is 2.59. The number of nitrogens with zero attached hydrogens (tertiary/aromatic N) is 2. The monoisotopic (exact) mass is 284 g/mol. The number of carbonyl (C=O) groups is 2. The van der Waals surface area contributed by atoms with Gasteiger partial charge in [-0.3, -0.25) is 24.6 Å². The third-order valence-corrected chi connectivity index (χ3v) is 3.12. The molecule has 6 nitrogen and oxygen atoms in total. The molecule has 2 amide bonds. The van der Waals surface area contributed by atoms with Gasteiger partial charge in [0.25, 0.3) is 5.69 Å². The van der Waals surface area contributed by atoms with Gasteiger partial charge in [0.05, 0.1) is 23.6 Å². The molecule has 0 aliphatic carbocycles. The smallest absolute Gasteiger partial charge is 0.275 e. The van der Waals surface area contributed by atoms with Gasteiger partial charge in [-0.25, -0.2) is 8.78 Å². The van der Waals surface area contributed by atoms with E-state index in [-0.39, 0.29) is 6.42 Å². The molecule has 1 atom stereocenters. The molecule has 1 heterocycles. The van der Waals surface area contributed by atoms with E-state index < -0.39 is 52.1 Å². The minimum absolute atomic E-state index is 0.00491. The van der Waals surface area contributed by atoms with Gasteiger partial charge in [0.2, 0.25) is 11.8 Å². The van der Waals surface area contributed by atoms with Crippen LogP contribution >= 0.6 is 0 Å². The lowest BCUT2D eigenvalue weighted by molar-refractivity contribution is -0.385. The summed E-state index contributed by atoms with van der Waals surface area (Å²) in [6, 6.07) is 1.12. The van der Waals surface area contributed by atoms with E-state index in [4.69, 9.17) is 0 Å². The number of likely N-dealkylation sites (tertiary alicyclic amines) is 1. The predicted octanol–water partition coefficient (Wildman–Crippen LogP) is 1.77. The first-order valence-electron chi connectivity index (χ1n) is 5.77. The summed E-state index contributed by atoms with van der Waals surface area (Å²) in [6.45, 7) is 0.987.